The van der Waals surface area contributed by atoms with Crippen molar-refractivity contribution in [3.8, 4) is 0 Å². The molecule has 0 aliphatic rings. The fourth-order valence-electron chi connectivity index (χ4n) is 6.64. The van der Waals surface area contributed by atoms with Gasteiger partial charge in [-0.3, -0.25) is 0 Å². The molecule has 1 nitrogen and oxygen atoms in total. The maximum Gasteiger partial charge on any atom is 0.0786 e. The first-order valence-electron chi connectivity index (χ1n) is 19.1. The number of hydrogen-bond acceptors (Lipinski definition) is 0. The van der Waals surface area contributed by atoms with Crippen molar-refractivity contribution in [2.45, 2.75) is 220 Å². The molecule has 0 spiro atoms. The third-order valence-electron chi connectivity index (χ3n) is 9.44. The Hall–Kier alpha value is -0.0400. The molecule has 0 aromatic carbocycles. The lowest BCUT2D eigenvalue weighted by Gasteiger charge is -2.40. The summed E-state index contributed by atoms with van der Waals surface area (Å²) >= 11 is 0. The summed E-state index contributed by atoms with van der Waals surface area (Å²) in [5.74, 6) is 0. The van der Waals surface area contributed by atoms with Gasteiger partial charge in [0.2, 0.25) is 0 Å². The van der Waals surface area contributed by atoms with Crippen molar-refractivity contribution in [2.75, 3.05) is 26.2 Å². The Morgan fingerprint density at radius 2 is 0.359 bits per heavy atom. The highest BCUT2D eigenvalue weighted by Crippen LogP contribution is 2.21. The lowest BCUT2D eigenvalue weighted by Crippen LogP contribution is -2.50. The summed E-state index contributed by atoms with van der Waals surface area (Å²) in [6.45, 7) is 15.3. The van der Waals surface area contributed by atoms with Gasteiger partial charge in [-0.15, -0.1) is 0 Å². The van der Waals surface area contributed by atoms with Crippen LogP contribution in [0.1, 0.15) is 220 Å². The Morgan fingerprint density at radius 3 is 0.538 bits per heavy atom. The van der Waals surface area contributed by atoms with Gasteiger partial charge < -0.3 is 4.48 Å². The fourth-order valence-corrected chi connectivity index (χ4v) is 6.64. The molecule has 0 aromatic rings. The summed E-state index contributed by atoms with van der Waals surface area (Å²) in [6.07, 6.45) is 43.7. The standard InChI is InChI=1S/C38H80N/c1-5-9-13-17-18-19-20-21-22-23-24-25-26-30-34-38-39(35-31-27-14-10-6-2,36-32-28-15-11-7-3)37-33-29-16-12-8-4/h5-38H2,1-4H3/q+1. The van der Waals surface area contributed by atoms with Crippen LogP contribution in [0.3, 0.4) is 0 Å². The molecule has 0 aliphatic carbocycles. The Morgan fingerprint density at radius 1 is 0.205 bits per heavy atom. The monoisotopic (exact) mass is 551 g/mol. The summed E-state index contributed by atoms with van der Waals surface area (Å²) in [7, 11) is 0. The molecule has 0 bridgehead atoms. The molecule has 0 saturated carbocycles. The quantitative estimate of drug-likeness (QED) is 0.0552. The Bertz CT molecular complexity index is 394. The SMILES string of the molecule is CCCCCCCCCCCCCCCCC[N+](CCCCCCC)(CCCCCCC)CCCCCCC. The predicted molar refractivity (Wildman–Crippen MR) is 181 cm³/mol. The van der Waals surface area contributed by atoms with Gasteiger partial charge in [-0.1, -0.05) is 169 Å². The normalized spacial score (nSPS) is 12.0. The zero-order valence-corrected chi connectivity index (χ0v) is 28.5. The largest absolute Gasteiger partial charge is 0.324 e. The van der Waals surface area contributed by atoms with E-state index in [1.54, 1.807) is 0 Å². The minimum atomic E-state index is 1.37. The van der Waals surface area contributed by atoms with Crippen LogP contribution in [-0.2, 0) is 0 Å². The molecule has 0 rings (SSSR count). The molecule has 0 aliphatic heterocycles. The molecule has 0 fully saturated rings. The summed E-state index contributed by atoms with van der Waals surface area (Å²) in [6, 6.07) is 0. The highest BCUT2D eigenvalue weighted by molar-refractivity contribution is 4.55. The summed E-state index contributed by atoms with van der Waals surface area (Å²) < 4.78 is 1.48. The van der Waals surface area contributed by atoms with Crippen LogP contribution in [0.4, 0.5) is 0 Å². The van der Waals surface area contributed by atoms with Crippen molar-refractivity contribution >= 4 is 0 Å². The highest BCUT2D eigenvalue weighted by Gasteiger charge is 2.25. The minimum Gasteiger partial charge on any atom is -0.324 e. The molecule has 0 radical (unpaired) electrons. The molecule has 0 amide bonds. The van der Waals surface area contributed by atoms with Gasteiger partial charge in [0.15, 0.2) is 0 Å². The number of rotatable bonds is 34. The summed E-state index contributed by atoms with van der Waals surface area (Å²) in [5, 5.41) is 0. The van der Waals surface area contributed by atoms with Gasteiger partial charge >= 0.3 is 0 Å². The smallest absolute Gasteiger partial charge is 0.0786 e. The average molecular weight is 551 g/mol. The predicted octanol–water partition coefficient (Wildman–Crippen LogP) is 13.6. The van der Waals surface area contributed by atoms with Crippen molar-refractivity contribution in [3.05, 3.63) is 0 Å². The summed E-state index contributed by atoms with van der Waals surface area (Å²) in [5.41, 5.74) is 0. The molecule has 236 valence electrons. The average Bonchev–Trinajstić information content (AvgIpc) is 2.94. The van der Waals surface area contributed by atoms with Crippen molar-refractivity contribution < 1.29 is 4.48 Å². The number of nitrogens with zero attached hydrogens (tertiary/aromatic N) is 1. The lowest BCUT2D eigenvalue weighted by atomic mass is 10.0. The van der Waals surface area contributed by atoms with Gasteiger partial charge in [-0.2, -0.15) is 0 Å². The van der Waals surface area contributed by atoms with Gasteiger partial charge in [-0.25, -0.2) is 0 Å². The van der Waals surface area contributed by atoms with Crippen molar-refractivity contribution in [1.29, 1.82) is 0 Å². The van der Waals surface area contributed by atoms with Crippen molar-refractivity contribution in [1.82, 2.24) is 0 Å². The van der Waals surface area contributed by atoms with E-state index in [0.717, 1.165) is 0 Å². The Kier molecular flexibility index (Phi) is 32.4. The van der Waals surface area contributed by atoms with Crippen LogP contribution >= 0.6 is 0 Å². The Labute approximate surface area is 250 Å². The molecule has 0 unspecified atom stereocenters. The zero-order valence-electron chi connectivity index (χ0n) is 28.5. The van der Waals surface area contributed by atoms with E-state index >= 15 is 0 Å². The molecule has 1 heteroatoms. The van der Waals surface area contributed by atoms with Gasteiger partial charge in [0, 0.05) is 0 Å². The number of hydrogen-bond donors (Lipinski definition) is 0. The first-order valence-corrected chi connectivity index (χ1v) is 19.1. The van der Waals surface area contributed by atoms with Crippen molar-refractivity contribution in [3.63, 3.8) is 0 Å². The van der Waals surface area contributed by atoms with E-state index in [1.807, 2.05) is 0 Å². The molecule has 39 heavy (non-hydrogen) atoms. The van der Waals surface area contributed by atoms with E-state index < -0.39 is 0 Å². The maximum atomic E-state index is 2.35. The van der Waals surface area contributed by atoms with Crippen LogP contribution in [0.25, 0.3) is 0 Å². The van der Waals surface area contributed by atoms with E-state index in [9.17, 15) is 0 Å². The molecular weight excluding hydrogens is 470 g/mol. The van der Waals surface area contributed by atoms with Crippen LogP contribution < -0.4 is 0 Å². The van der Waals surface area contributed by atoms with Crippen molar-refractivity contribution in [2.24, 2.45) is 0 Å². The Balaban J connectivity index is 4.35. The van der Waals surface area contributed by atoms with E-state index in [2.05, 4.69) is 27.7 Å². The first kappa shape index (κ1) is 39.0. The third kappa shape index (κ3) is 27.9. The van der Waals surface area contributed by atoms with Crippen LogP contribution in [0, 0.1) is 0 Å². The van der Waals surface area contributed by atoms with Gasteiger partial charge in [0.05, 0.1) is 26.2 Å². The van der Waals surface area contributed by atoms with Crippen LogP contribution in [0.5, 0.6) is 0 Å². The molecule has 0 aromatic heterocycles. The van der Waals surface area contributed by atoms with Crippen LogP contribution in [-0.4, -0.2) is 30.7 Å². The molecule has 0 atom stereocenters. The molecular formula is C38H80N+. The minimum absolute atomic E-state index is 1.37. The topological polar surface area (TPSA) is 0 Å². The van der Waals surface area contributed by atoms with Gasteiger partial charge in [0.1, 0.15) is 0 Å². The fraction of sp³-hybridized carbons (Fsp3) is 1.00. The molecule has 0 N–H and O–H groups in total. The number of quaternary nitrogens is 1. The number of unbranched alkanes of at least 4 members (excludes halogenated alkanes) is 26. The van der Waals surface area contributed by atoms with Crippen LogP contribution in [0.2, 0.25) is 0 Å². The van der Waals surface area contributed by atoms with Gasteiger partial charge in [0.25, 0.3) is 0 Å². The second-order valence-corrected chi connectivity index (χ2v) is 13.4. The first-order chi connectivity index (χ1) is 19.2. The second kappa shape index (κ2) is 32.5. The van der Waals surface area contributed by atoms with E-state index in [-0.39, 0.29) is 0 Å². The maximum absolute atomic E-state index is 2.35. The highest BCUT2D eigenvalue weighted by atomic mass is 15.3. The second-order valence-electron chi connectivity index (χ2n) is 13.4. The van der Waals surface area contributed by atoms with Gasteiger partial charge in [-0.05, 0) is 51.4 Å². The molecule has 0 heterocycles. The zero-order chi connectivity index (χ0) is 28.5. The van der Waals surface area contributed by atoms with E-state index in [0.29, 0.717) is 0 Å². The third-order valence-corrected chi connectivity index (χ3v) is 9.44. The van der Waals surface area contributed by atoms with E-state index in [1.165, 1.54) is 223 Å². The molecule has 0 saturated heterocycles. The summed E-state index contributed by atoms with van der Waals surface area (Å²) in [4.78, 5) is 0. The van der Waals surface area contributed by atoms with E-state index in [4.69, 9.17) is 0 Å². The van der Waals surface area contributed by atoms with Crippen LogP contribution in [0.15, 0.2) is 0 Å². The lowest BCUT2D eigenvalue weighted by molar-refractivity contribution is -0.929.